The fourth-order valence-electron chi connectivity index (χ4n) is 3.34. The van der Waals surface area contributed by atoms with Crippen molar-refractivity contribution in [3.8, 4) is 0 Å². The minimum Gasteiger partial charge on any atom is -0.387 e. The van der Waals surface area contributed by atoms with Crippen LogP contribution in [0.15, 0.2) is 36.8 Å². The third-order valence-corrected chi connectivity index (χ3v) is 4.90. The first-order valence-corrected chi connectivity index (χ1v) is 9.09. The van der Waals surface area contributed by atoms with Gasteiger partial charge in [-0.05, 0) is 31.1 Å². The predicted molar refractivity (Wildman–Crippen MR) is 101 cm³/mol. The molecule has 1 aliphatic rings. The first kappa shape index (κ1) is 17.4. The molecule has 0 bridgehead atoms. The van der Waals surface area contributed by atoms with E-state index in [1.54, 1.807) is 24.0 Å². The Morgan fingerprint density at radius 2 is 2.33 bits per heavy atom. The van der Waals surface area contributed by atoms with Crippen LogP contribution in [0.3, 0.4) is 0 Å². The highest BCUT2D eigenvalue weighted by Gasteiger charge is 2.19. The van der Waals surface area contributed by atoms with Gasteiger partial charge in [0.25, 0.3) is 0 Å². The summed E-state index contributed by atoms with van der Waals surface area (Å²) in [6.07, 6.45) is 8.10. The quantitative estimate of drug-likeness (QED) is 0.718. The van der Waals surface area contributed by atoms with Gasteiger partial charge in [0.15, 0.2) is 0 Å². The van der Waals surface area contributed by atoms with Crippen LogP contribution in [0.4, 0.5) is 0 Å². The van der Waals surface area contributed by atoms with Gasteiger partial charge in [-0.1, -0.05) is 11.3 Å². The first-order valence-electron chi connectivity index (χ1n) is 9.09. The van der Waals surface area contributed by atoms with Crippen molar-refractivity contribution >= 4 is 22.5 Å². The largest absolute Gasteiger partial charge is 0.387 e. The molecule has 4 heterocycles. The molecule has 1 atom stereocenters. The zero-order valence-electron chi connectivity index (χ0n) is 15.2. The molecule has 1 aliphatic heterocycles. The maximum absolute atomic E-state index is 12.5. The second kappa shape index (κ2) is 7.32. The summed E-state index contributed by atoms with van der Waals surface area (Å²) in [6, 6.07) is 4.00. The van der Waals surface area contributed by atoms with Crippen LogP contribution in [0.1, 0.15) is 37.1 Å². The number of aliphatic hydroxyl groups is 1. The number of fused-ring (bicyclic) bond motifs is 1. The third kappa shape index (κ3) is 3.61. The molecule has 4 rings (SSSR count). The van der Waals surface area contributed by atoms with Gasteiger partial charge >= 0.3 is 0 Å². The Kier molecular flexibility index (Phi) is 4.72. The Morgan fingerprint density at radius 1 is 1.44 bits per heavy atom. The number of carbonyl (C=O) groups excluding carboxylic acids is 1. The molecule has 8 nitrogen and oxygen atoms in total. The predicted octanol–water partition coefficient (Wildman–Crippen LogP) is 1.91. The number of aromatic nitrogens is 5. The first-order chi connectivity index (χ1) is 13.1. The molecule has 0 saturated carbocycles. The maximum atomic E-state index is 12.5. The number of aliphatic hydroxyl groups excluding tert-OH is 1. The Morgan fingerprint density at radius 3 is 3.07 bits per heavy atom. The van der Waals surface area contributed by atoms with Crippen molar-refractivity contribution in [1.82, 2.24) is 29.9 Å². The molecule has 0 radical (unpaired) electrons. The van der Waals surface area contributed by atoms with Gasteiger partial charge in [0.2, 0.25) is 5.91 Å². The lowest BCUT2D eigenvalue weighted by Gasteiger charge is -2.26. The van der Waals surface area contributed by atoms with Gasteiger partial charge in [0, 0.05) is 42.9 Å². The average Bonchev–Trinajstić information content (AvgIpc) is 3.33. The molecule has 1 amide bonds. The van der Waals surface area contributed by atoms with E-state index in [0.717, 1.165) is 17.5 Å². The smallest absolute Gasteiger partial charge is 0.224 e. The third-order valence-electron chi connectivity index (χ3n) is 4.90. The van der Waals surface area contributed by atoms with E-state index >= 15 is 0 Å². The van der Waals surface area contributed by atoms with Crippen LogP contribution in [-0.2, 0) is 11.3 Å². The number of hydrogen-bond acceptors (Lipinski definition) is 5. The molecule has 0 fully saturated rings. The summed E-state index contributed by atoms with van der Waals surface area (Å²) in [7, 11) is 0. The van der Waals surface area contributed by atoms with Crippen molar-refractivity contribution in [2.24, 2.45) is 0 Å². The lowest BCUT2D eigenvalue weighted by molar-refractivity contribution is -0.131. The van der Waals surface area contributed by atoms with E-state index in [0.29, 0.717) is 31.7 Å². The van der Waals surface area contributed by atoms with E-state index in [2.05, 4.69) is 32.4 Å². The highest BCUT2D eigenvalue weighted by molar-refractivity contribution is 5.91. The second-order valence-corrected chi connectivity index (χ2v) is 6.75. The van der Waals surface area contributed by atoms with Crippen molar-refractivity contribution in [3.63, 3.8) is 0 Å². The van der Waals surface area contributed by atoms with E-state index in [1.807, 2.05) is 17.2 Å². The number of carbonyl (C=O) groups is 1. The standard InChI is InChI=1S/C19H22N6O2/c1-13(26)17-12-25(23-22-17)10-6-18(27)24-8-4-14(5-9-24)16-11-21-19-15(16)3-2-7-20-19/h2-4,7,11-13,26H,5-6,8-10H2,1H3,(H,20,21). The molecule has 140 valence electrons. The second-order valence-electron chi connectivity index (χ2n) is 6.75. The summed E-state index contributed by atoms with van der Waals surface area (Å²) in [5.74, 6) is 0.0972. The van der Waals surface area contributed by atoms with Crippen molar-refractivity contribution in [3.05, 3.63) is 48.1 Å². The van der Waals surface area contributed by atoms with E-state index in [1.165, 1.54) is 11.1 Å². The molecule has 2 N–H and O–H groups in total. The van der Waals surface area contributed by atoms with Gasteiger partial charge in [-0.15, -0.1) is 5.10 Å². The van der Waals surface area contributed by atoms with Crippen molar-refractivity contribution in [2.45, 2.75) is 32.4 Å². The van der Waals surface area contributed by atoms with Gasteiger partial charge < -0.3 is 15.0 Å². The monoisotopic (exact) mass is 366 g/mol. The number of rotatable bonds is 5. The number of H-pyrrole nitrogens is 1. The number of aryl methyl sites for hydroxylation is 1. The van der Waals surface area contributed by atoms with Crippen LogP contribution in [0.5, 0.6) is 0 Å². The van der Waals surface area contributed by atoms with Crippen LogP contribution in [0.25, 0.3) is 16.6 Å². The molecule has 1 unspecified atom stereocenters. The van der Waals surface area contributed by atoms with Crippen LogP contribution < -0.4 is 0 Å². The average molecular weight is 366 g/mol. The highest BCUT2D eigenvalue weighted by Crippen LogP contribution is 2.28. The van der Waals surface area contributed by atoms with Crippen LogP contribution >= 0.6 is 0 Å². The summed E-state index contributed by atoms with van der Waals surface area (Å²) in [5.41, 5.74) is 3.81. The number of aromatic amines is 1. The summed E-state index contributed by atoms with van der Waals surface area (Å²) >= 11 is 0. The van der Waals surface area contributed by atoms with Gasteiger partial charge in [0.1, 0.15) is 11.3 Å². The Balaban J connectivity index is 1.37. The zero-order valence-corrected chi connectivity index (χ0v) is 15.2. The molecule has 0 spiro atoms. The lowest BCUT2D eigenvalue weighted by Crippen LogP contribution is -2.35. The van der Waals surface area contributed by atoms with Gasteiger partial charge in [-0.2, -0.15) is 0 Å². The summed E-state index contributed by atoms with van der Waals surface area (Å²) < 4.78 is 1.60. The Labute approximate surface area is 156 Å². The number of nitrogens with one attached hydrogen (secondary N) is 1. The van der Waals surface area contributed by atoms with E-state index in [4.69, 9.17) is 0 Å². The minimum absolute atomic E-state index is 0.0972. The fourth-order valence-corrected chi connectivity index (χ4v) is 3.34. The summed E-state index contributed by atoms with van der Waals surface area (Å²) in [4.78, 5) is 21.9. The number of pyridine rings is 1. The zero-order chi connectivity index (χ0) is 18.8. The molecular formula is C19H22N6O2. The van der Waals surface area contributed by atoms with E-state index in [-0.39, 0.29) is 5.91 Å². The number of amides is 1. The topological polar surface area (TPSA) is 99.9 Å². The van der Waals surface area contributed by atoms with E-state index in [9.17, 15) is 9.90 Å². The molecule has 0 saturated heterocycles. The minimum atomic E-state index is -0.653. The van der Waals surface area contributed by atoms with Gasteiger partial charge in [-0.25, -0.2) is 4.98 Å². The maximum Gasteiger partial charge on any atom is 0.224 e. The van der Waals surface area contributed by atoms with Crippen LogP contribution in [-0.4, -0.2) is 54.0 Å². The molecule has 27 heavy (non-hydrogen) atoms. The van der Waals surface area contributed by atoms with Crippen molar-refractivity contribution in [2.75, 3.05) is 13.1 Å². The molecular weight excluding hydrogens is 344 g/mol. The number of hydrogen-bond donors (Lipinski definition) is 2. The lowest BCUT2D eigenvalue weighted by atomic mass is 9.99. The summed E-state index contributed by atoms with van der Waals surface area (Å²) in [6.45, 7) is 3.41. The Bertz CT molecular complexity index is 987. The van der Waals surface area contributed by atoms with Gasteiger partial charge in [0.05, 0.1) is 18.8 Å². The van der Waals surface area contributed by atoms with Crippen molar-refractivity contribution in [1.29, 1.82) is 0 Å². The van der Waals surface area contributed by atoms with Gasteiger partial charge in [-0.3, -0.25) is 9.48 Å². The molecule has 0 aliphatic carbocycles. The summed E-state index contributed by atoms with van der Waals surface area (Å²) in [5, 5.41) is 18.4. The van der Waals surface area contributed by atoms with E-state index < -0.39 is 6.10 Å². The fraction of sp³-hybridized carbons (Fsp3) is 0.368. The molecule has 0 aromatic carbocycles. The van der Waals surface area contributed by atoms with Crippen molar-refractivity contribution < 1.29 is 9.90 Å². The normalized spacial score (nSPS) is 15.8. The molecule has 8 heteroatoms. The van der Waals surface area contributed by atoms with Crippen LogP contribution in [0.2, 0.25) is 0 Å². The Hall–Kier alpha value is -3.00. The molecule has 3 aromatic heterocycles. The number of nitrogens with zero attached hydrogens (tertiary/aromatic N) is 5. The highest BCUT2D eigenvalue weighted by atomic mass is 16.3. The molecule has 3 aromatic rings. The van der Waals surface area contributed by atoms with Crippen LogP contribution in [0, 0.1) is 0 Å². The SMILES string of the molecule is CC(O)c1cn(CCC(=O)N2CC=C(c3c[nH]c4ncccc34)CC2)nn1.